The summed E-state index contributed by atoms with van der Waals surface area (Å²) in [7, 11) is 1.90. The summed E-state index contributed by atoms with van der Waals surface area (Å²) in [6, 6.07) is 23.5. The average molecular weight is 319 g/mol. The molecule has 0 aliphatic carbocycles. The third-order valence-electron chi connectivity index (χ3n) is 4.45. The van der Waals surface area contributed by atoms with E-state index in [1.807, 2.05) is 19.3 Å². The van der Waals surface area contributed by atoms with E-state index in [0.29, 0.717) is 5.88 Å². The standard InChI is InChI=1S/C20H21N3O/c1-22-13-12-19(21-22)24-18-14-23(15-18)20(16-8-4-2-5-9-16)17-10-6-3-7-11-17/h2-13,18,20H,14-15H2,1H3. The zero-order valence-electron chi connectivity index (χ0n) is 13.7. The van der Waals surface area contributed by atoms with E-state index < -0.39 is 0 Å². The van der Waals surface area contributed by atoms with Crippen molar-refractivity contribution in [3.05, 3.63) is 84.1 Å². The van der Waals surface area contributed by atoms with E-state index >= 15 is 0 Å². The predicted octanol–water partition coefficient (Wildman–Crippen LogP) is 3.27. The smallest absolute Gasteiger partial charge is 0.233 e. The Bertz CT molecular complexity index is 739. The van der Waals surface area contributed by atoms with Crippen LogP contribution in [0.25, 0.3) is 0 Å². The maximum Gasteiger partial charge on any atom is 0.233 e. The second-order valence-corrected chi connectivity index (χ2v) is 6.25. The molecule has 0 unspecified atom stereocenters. The molecule has 0 N–H and O–H groups in total. The SMILES string of the molecule is Cn1ccc(OC2CN(C(c3ccccc3)c3ccccc3)C2)n1. The second-order valence-electron chi connectivity index (χ2n) is 6.25. The molecule has 0 saturated carbocycles. The molecule has 3 aromatic rings. The van der Waals surface area contributed by atoms with E-state index in [0.717, 1.165) is 13.1 Å². The molecule has 0 spiro atoms. The number of nitrogens with zero attached hydrogens (tertiary/aromatic N) is 3. The fourth-order valence-electron chi connectivity index (χ4n) is 3.27. The largest absolute Gasteiger partial charge is 0.471 e. The van der Waals surface area contributed by atoms with Crippen LogP contribution in [0.2, 0.25) is 0 Å². The predicted molar refractivity (Wildman–Crippen MR) is 93.9 cm³/mol. The molecule has 1 aliphatic heterocycles. The van der Waals surface area contributed by atoms with Gasteiger partial charge in [0.2, 0.25) is 5.88 Å². The highest BCUT2D eigenvalue weighted by Gasteiger charge is 2.35. The second kappa shape index (κ2) is 6.49. The van der Waals surface area contributed by atoms with Crippen molar-refractivity contribution in [1.29, 1.82) is 0 Å². The maximum atomic E-state index is 5.95. The quantitative estimate of drug-likeness (QED) is 0.723. The molecule has 1 saturated heterocycles. The zero-order chi connectivity index (χ0) is 16.4. The van der Waals surface area contributed by atoms with Gasteiger partial charge in [-0.1, -0.05) is 60.7 Å². The Labute approximate surface area is 142 Å². The van der Waals surface area contributed by atoms with Gasteiger partial charge < -0.3 is 4.74 Å². The lowest BCUT2D eigenvalue weighted by Gasteiger charge is -2.44. The molecule has 4 heteroatoms. The molecule has 0 atom stereocenters. The summed E-state index contributed by atoms with van der Waals surface area (Å²) >= 11 is 0. The summed E-state index contributed by atoms with van der Waals surface area (Å²) in [6.45, 7) is 1.82. The van der Waals surface area contributed by atoms with Gasteiger partial charge in [-0.05, 0) is 11.1 Å². The molecule has 2 aromatic carbocycles. The number of ether oxygens (including phenoxy) is 1. The minimum atomic E-state index is 0.204. The van der Waals surface area contributed by atoms with Crippen LogP contribution in [0.4, 0.5) is 0 Å². The summed E-state index contributed by atoms with van der Waals surface area (Å²) < 4.78 is 7.72. The molecule has 2 heterocycles. The molecule has 0 amide bonds. The van der Waals surface area contributed by atoms with Crippen molar-refractivity contribution < 1.29 is 4.74 Å². The van der Waals surface area contributed by atoms with E-state index in [2.05, 4.69) is 70.7 Å². The number of aryl methyl sites for hydroxylation is 1. The Balaban J connectivity index is 1.49. The minimum absolute atomic E-state index is 0.204. The molecule has 122 valence electrons. The van der Waals surface area contributed by atoms with Gasteiger partial charge in [0.25, 0.3) is 0 Å². The van der Waals surface area contributed by atoms with Crippen molar-refractivity contribution >= 4 is 0 Å². The first-order valence-electron chi connectivity index (χ1n) is 8.30. The first-order chi connectivity index (χ1) is 11.8. The summed E-state index contributed by atoms with van der Waals surface area (Å²) in [5.41, 5.74) is 2.64. The van der Waals surface area contributed by atoms with Crippen LogP contribution < -0.4 is 4.74 Å². The third kappa shape index (κ3) is 3.05. The van der Waals surface area contributed by atoms with Crippen LogP contribution in [0.1, 0.15) is 17.2 Å². The van der Waals surface area contributed by atoms with Crippen molar-refractivity contribution in [1.82, 2.24) is 14.7 Å². The molecular formula is C20H21N3O. The Hall–Kier alpha value is -2.59. The van der Waals surface area contributed by atoms with Crippen molar-refractivity contribution in [2.75, 3.05) is 13.1 Å². The molecule has 1 aromatic heterocycles. The summed E-state index contributed by atoms with van der Waals surface area (Å²) in [6.07, 6.45) is 2.11. The number of benzene rings is 2. The summed E-state index contributed by atoms with van der Waals surface area (Å²) in [5, 5.41) is 4.29. The molecule has 0 bridgehead atoms. The highest BCUT2D eigenvalue weighted by Crippen LogP contribution is 2.33. The highest BCUT2D eigenvalue weighted by molar-refractivity contribution is 5.32. The fraction of sp³-hybridized carbons (Fsp3) is 0.250. The van der Waals surface area contributed by atoms with Gasteiger partial charge in [0, 0.05) is 32.4 Å². The Morgan fingerprint density at radius 3 is 2.00 bits per heavy atom. The lowest BCUT2D eigenvalue weighted by molar-refractivity contribution is -0.00242. The number of likely N-dealkylation sites (tertiary alicyclic amines) is 1. The Morgan fingerprint density at radius 1 is 0.917 bits per heavy atom. The third-order valence-corrected chi connectivity index (χ3v) is 4.45. The van der Waals surface area contributed by atoms with Crippen LogP contribution in [0, 0.1) is 0 Å². The van der Waals surface area contributed by atoms with Crippen molar-refractivity contribution in [2.45, 2.75) is 12.1 Å². The topological polar surface area (TPSA) is 30.3 Å². The van der Waals surface area contributed by atoms with E-state index in [1.54, 1.807) is 4.68 Å². The van der Waals surface area contributed by atoms with Crippen LogP contribution in [0.3, 0.4) is 0 Å². The van der Waals surface area contributed by atoms with Crippen LogP contribution in [0.5, 0.6) is 5.88 Å². The average Bonchev–Trinajstić information content (AvgIpc) is 3.00. The van der Waals surface area contributed by atoms with Crippen LogP contribution >= 0.6 is 0 Å². The van der Waals surface area contributed by atoms with E-state index in [9.17, 15) is 0 Å². The van der Waals surface area contributed by atoms with Crippen LogP contribution in [0.15, 0.2) is 72.9 Å². The lowest BCUT2D eigenvalue weighted by Crippen LogP contribution is -2.55. The number of hydrogen-bond donors (Lipinski definition) is 0. The molecule has 0 radical (unpaired) electrons. The lowest BCUT2D eigenvalue weighted by atomic mass is 9.94. The highest BCUT2D eigenvalue weighted by atomic mass is 16.5. The van der Waals surface area contributed by atoms with Gasteiger partial charge >= 0.3 is 0 Å². The van der Waals surface area contributed by atoms with Gasteiger partial charge in [-0.15, -0.1) is 5.10 Å². The minimum Gasteiger partial charge on any atom is -0.471 e. The Morgan fingerprint density at radius 2 is 1.50 bits per heavy atom. The summed E-state index contributed by atoms with van der Waals surface area (Å²) in [4.78, 5) is 2.46. The first kappa shape index (κ1) is 15.0. The molecular weight excluding hydrogens is 298 g/mol. The van der Waals surface area contributed by atoms with Gasteiger partial charge in [0.15, 0.2) is 0 Å². The molecule has 4 rings (SSSR count). The van der Waals surface area contributed by atoms with Gasteiger partial charge in [-0.2, -0.15) is 0 Å². The van der Waals surface area contributed by atoms with Crippen molar-refractivity contribution in [2.24, 2.45) is 7.05 Å². The van der Waals surface area contributed by atoms with Crippen molar-refractivity contribution in [3.8, 4) is 5.88 Å². The molecule has 4 nitrogen and oxygen atoms in total. The first-order valence-corrected chi connectivity index (χ1v) is 8.30. The van der Waals surface area contributed by atoms with Gasteiger partial charge in [-0.25, -0.2) is 0 Å². The zero-order valence-corrected chi connectivity index (χ0v) is 13.7. The molecule has 24 heavy (non-hydrogen) atoms. The number of hydrogen-bond acceptors (Lipinski definition) is 3. The fourth-order valence-corrected chi connectivity index (χ4v) is 3.27. The van der Waals surface area contributed by atoms with Gasteiger partial charge in [-0.3, -0.25) is 9.58 Å². The van der Waals surface area contributed by atoms with E-state index in [4.69, 9.17) is 4.74 Å². The Kier molecular flexibility index (Phi) is 4.05. The van der Waals surface area contributed by atoms with Crippen molar-refractivity contribution in [3.63, 3.8) is 0 Å². The van der Waals surface area contributed by atoms with Gasteiger partial charge in [0.05, 0.1) is 6.04 Å². The molecule has 1 fully saturated rings. The van der Waals surface area contributed by atoms with Crippen LogP contribution in [-0.2, 0) is 7.05 Å². The monoisotopic (exact) mass is 319 g/mol. The number of rotatable bonds is 5. The van der Waals surface area contributed by atoms with E-state index in [-0.39, 0.29) is 12.1 Å². The molecule has 1 aliphatic rings. The normalized spacial score (nSPS) is 15.4. The van der Waals surface area contributed by atoms with E-state index in [1.165, 1.54) is 11.1 Å². The maximum absolute atomic E-state index is 5.95. The summed E-state index contributed by atoms with van der Waals surface area (Å²) in [5.74, 6) is 0.707. The number of aromatic nitrogens is 2. The van der Waals surface area contributed by atoms with Gasteiger partial charge in [0.1, 0.15) is 6.10 Å². The van der Waals surface area contributed by atoms with Crippen LogP contribution in [-0.4, -0.2) is 33.9 Å².